The maximum absolute atomic E-state index is 11.8. The summed E-state index contributed by atoms with van der Waals surface area (Å²) >= 11 is 0. The quantitative estimate of drug-likeness (QED) is 0.764. The summed E-state index contributed by atoms with van der Waals surface area (Å²) < 4.78 is 0. The molecule has 5 nitrogen and oxygen atoms in total. The smallest absolute Gasteiger partial charge is 0.318 e. The van der Waals surface area contributed by atoms with Gasteiger partial charge in [0.15, 0.2) is 0 Å². The highest BCUT2D eigenvalue weighted by molar-refractivity contribution is 5.96. The molecule has 1 aromatic rings. The van der Waals surface area contributed by atoms with Gasteiger partial charge in [0, 0.05) is 6.04 Å². The van der Waals surface area contributed by atoms with Gasteiger partial charge in [-0.3, -0.25) is 15.4 Å². The number of hydrogen-bond donors (Lipinski definition) is 3. The second-order valence-corrected chi connectivity index (χ2v) is 5.32. The van der Waals surface area contributed by atoms with Crippen LogP contribution in [0.4, 0.5) is 4.79 Å². The summed E-state index contributed by atoms with van der Waals surface area (Å²) in [5.74, 6) is 0.152. The van der Waals surface area contributed by atoms with Gasteiger partial charge in [0.1, 0.15) is 0 Å². The van der Waals surface area contributed by atoms with Crippen molar-refractivity contribution in [3.63, 3.8) is 0 Å². The summed E-state index contributed by atoms with van der Waals surface area (Å²) in [7, 11) is 0. The Kier molecular flexibility index (Phi) is 4.74. The SMILES string of the molecule is C[C@@H](N[C@@H](c1ccccc1)C1CCC1)C(=O)NC(N)=O. The molecule has 0 saturated heterocycles. The fourth-order valence-electron chi connectivity index (χ4n) is 2.51. The van der Waals surface area contributed by atoms with E-state index in [2.05, 4.69) is 22.8 Å². The van der Waals surface area contributed by atoms with Crippen LogP contribution in [0.15, 0.2) is 30.3 Å². The van der Waals surface area contributed by atoms with Gasteiger partial charge in [-0.25, -0.2) is 4.79 Å². The third-order valence-corrected chi connectivity index (χ3v) is 3.85. The number of primary amides is 1. The molecular formula is C15H21N3O2. The molecule has 0 unspecified atom stereocenters. The van der Waals surface area contributed by atoms with E-state index in [4.69, 9.17) is 5.73 Å². The van der Waals surface area contributed by atoms with E-state index in [1.807, 2.05) is 18.2 Å². The van der Waals surface area contributed by atoms with Gasteiger partial charge in [0.2, 0.25) is 5.91 Å². The molecule has 1 aliphatic carbocycles. The molecule has 1 aromatic carbocycles. The van der Waals surface area contributed by atoms with E-state index in [1.165, 1.54) is 12.0 Å². The highest BCUT2D eigenvalue weighted by Gasteiger charge is 2.30. The Morgan fingerprint density at radius 1 is 1.25 bits per heavy atom. The monoisotopic (exact) mass is 275 g/mol. The Morgan fingerprint density at radius 2 is 1.90 bits per heavy atom. The summed E-state index contributed by atoms with van der Waals surface area (Å²) in [4.78, 5) is 22.5. The molecule has 0 spiro atoms. The maximum Gasteiger partial charge on any atom is 0.318 e. The first-order valence-electron chi connectivity index (χ1n) is 6.99. The number of urea groups is 1. The van der Waals surface area contributed by atoms with E-state index in [0.29, 0.717) is 5.92 Å². The zero-order chi connectivity index (χ0) is 14.5. The molecule has 1 saturated carbocycles. The fourth-order valence-corrected chi connectivity index (χ4v) is 2.51. The molecule has 0 aliphatic heterocycles. The van der Waals surface area contributed by atoms with E-state index in [1.54, 1.807) is 6.92 Å². The first-order valence-corrected chi connectivity index (χ1v) is 6.99. The Hall–Kier alpha value is -1.88. The van der Waals surface area contributed by atoms with E-state index in [0.717, 1.165) is 12.8 Å². The number of imide groups is 1. The van der Waals surface area contributed by atoms with E-state index >= 15 is 0 Å². The van der Waals surface area contributed by atoms with Gasteiger partial charge in [-0.1, -0.05) is 36.8 Å². The Morgan fingerprint density at radius 3 is 2.40 bits per heavy atom. The fraction of sp³-hybridized carbons (Fsp3) is 0.467. The predicted molar refractivity (Wildman–Crippen MR) is 76.8 cm³/mol. The van der Waals surface area contributed by atoms with Crippen LogP contribution in [-0.4, -0.2) is 18.0 Å². The average molecular weight is 275 g/mol. The molecule has 3 amide bonds. The molecule has 5 heteroatoms. The van der Waals surface area contributed by atoms with Gasteiger partial charge in [0.05, 0.1) is 6.04 Å². The van der Waals surface area contributed by atoms with Gasteiger partial charge in [-0.05, 0) is 31.2 Å². The van der Waals surface area contributed by atoms with Gasteiger partial charge in [-0.15, -0.1) is 0 Å². The lowest BCUT2D eigenvalue weighted by Gasteiger charge is -2.36. The number of nitrogens with two attached hydrogens (primary N) is 1. The minimum Gasteiger partial charge on any atom is -0.351 e. The standard InChI is InChI=1S/C15H21N3O2/c1-10(14(19)18-15(16)20)17-13(12-8-5-9-12)11-6-3-2-4-7-11/h2-4,6-7,10,12-13,17H,5,8-9H2,1H3,(H3,16,18,19,20)/t10-,13+/m1/s1. The Balaban J connectivity index is 2.04. The molecule has 0 heterocycles. The Labute approximate surface area is 118 Å². The highest BCUT2D eigenvalue weighted by Crippen LogP contribution is 2.37. The zero-order valence-corrected chi connectivity index (χ0v) is 11.6. The molecule has 4 N–H and O–H groups in total. The number of benzene rings is 1. The van der Waals surface area contributed by atoms with Crippen molar-refractivity contribution >= 4 is 11.9 Å². The van der Waals surface area contributed by atoms with Crippen LogP contribution in [0.3, 0.4) is 0 Å². The van der Waals surface area contributed by atoms with E-state index in [-0.39, 0.29) is 6.04 Å². The number of amides is 3. The number of carbonyl (C=O) groups excluding carboxylic acids is 2. The molecule has 0 radical (unpaired) electrons. The van der Waals surface area contributed by atoms with Crippen molar-refractivity contribution in [1.82, 2.24) is 10.6 Å². The number of rotatable bonds is 5. The molecule has 0 bridgehead atoms. The van der Waals surface area contributed by atoms with Crippen LogP contribution in [0.5, 0.6) is 0 Å². The molecule has 1 fully saturated rings. The van der Waals surface area contributed by atoms with E-state index in [9.17, 15) is 9.59 Å². The predicted octanol–water partition coefficient (Wildman–Crippen LogP) is 1.70. The molecule has 0 aromatic heterocycles. The molecule has 1 aliphatic rings. The first kappa shape index (κ1) is 14.5. The van der Waals surface area contributed by atoms with Crippen molar-refractivity contribution in [2.24, 2.45) is 11.7 Å². The molecule has 2 rings (SSSR count). The average Bonchev–Trinajstić information content (AvgIpc) is 2.36. The molecule has 20 heavy (non-hydrogen) atoms. The normalized spacial score (nSPS) is 17.9. The largest absolute Gasteiger partial charge is 0.351 e. The lowest BCUT2D eigenvalue weighted by Crippen LogP contribution is -2.49. The molecule has 108 valence electrons. The summed E-state index contributed by atoms with van der Waals surface area (Å²) in [5, 5.41) is 5.43. The van der Waals surface area contributed by atoms with Crippen molar-refractivity contribution < 1.29 is 9.59 Å². The van der Waals surface area contributed by atoms with Crippen molar-refractivity contribution in [2.45, 2.75) is 38.3 Å². The van der Waals surface area contributed by atoms with Crippen molar-refractivity contribution in [2.75, 3.05) is 0 Å². The number of nitrogens with one attached hydrogen (secondary N) is 2. The zero-order valence-electron chi connectivity index (χ0n) is 11.6. The minimum absolute atomic E-state index is 0.138. The Bertz CT molecular complexity index is 471. The van der Waals surface area contributed by atoms with E-state index < -0.39 is 18.0 Å². The lowest BCUT2D eigenvalue weighted by atomic mass is 9.77. The van der Waals surface area contributed by atoms with Crippen molar-refractivity contribution in [3.8, 4) is 0 Å². The van der Waals surface area contributed by atoms with Gasteiger partial charge in [-0.2, -0.15) is 0 Å². The van der Waals surface area contributed by atoms with Crippen LogP contribution in [0, 0.1) is 5.92 Å². The van der Waals surface area contributed by atoms with Gasteiger partial charge < -0.3 is 5.73 Å². The number of carbonyl (C=O) groups is 2. The first-order chi connectivity index (χ1) is 9.58. The van der Waals surface area contributed by atoms with Crippen molar-refractivity contribution in [1.29, 1.82) is 0 Å². The topological polar surface area (TPSA) is 84.2 Å². The minimum atomic E-state index is -0.816. The van der Waals surface area contributed by atoms with Crippen LogP contribution < -0.4 is 16.4 Å². The third-order valence-electron chi connectivity index (χ3n) is 3.85. The second-order valence-electron chi connectivity index (χ2n) is 5.32. The number of hydrogen-bond acceptors (Lipinski definition) is 3. The highest BCUT2D eigenvalue weighted by atomic mass is 16.2. The second kappa shape index (κ2) is 6.52. The van der Waals surface area contributed by atoms with Gasteiger partial charge >= 0.3 is 6.03 Å². The summed E-state index contributed by atoms with van der Waals surface area (Å²) in [6.07, 6.45) is 3.56. The summed E-state index contributed by atoms with van der Waals surface area (Å²) in [5.41, 5.74) is 6.15. The lowest BCUT2D eigenvalue weighted by molar-refractivity contribution is -0.122. The van der Waals surface area contributed by atoms with Crippen LogP contribution in [0.2, 0.25) is 0 Å². The van der Waals surface area contributed by atoms with Crippen LogP contribution >= 0.6 is 0 Å². The third kappa shape index (κ3) is 3.57. The van der Waals surface area contributed by atoms with Crippen LogP contribution in [-0.2, 0) is 4.79 Å². The van der Waals surface area contributed by atoms with Crippen LogP contribution in [0.25, 0.3) is 0 Å². The summed E-state index contributed by atoms with van der Waals surface area (Å²) in [6, 6.07) is 8.96. The molecular weight excluding hydrogens is 254 g/mol. The molecule has 2 atom stereocenters. The maximum atomic E-state index is 11.8. The summed E-state index contributed by atoms with van der Waals surface area (Å²) in [6.45, 7) is 1.74. The van der Waals surface area contributed by atoms with Crippen LogP contribution in [0.1, 0.15) is 37.8 Å². The van der Waals surface area contributed by atoms with Gasteiger partial charge in [0.25, 0.3) is 0 Å². The van der Waals surface area contributed by atoms with Crippen molar-refractivity contribution in [3.05, 3.63) is 35.9 Å².